The maximum atomic E-state index is 11.6. The minimum absolute atomic E-state index is 0.0967. The molecule has 0 heterocycles. The van der Waals surface area contributed by atoms with Gasteiger partial charge in [-0.3, -0.25) is 4.79 Å². The van der Waals surface area contributed by atoms with E-state index >= 15 is 0 Å². The van der Waals surface area contributed by atoms with Gasteiger partial charge < -0.3 is 0 Å². The molecule has 0 rings (SSSR count). The number of hydrogen-bond acceptors (Lipinski definition) is 2. The Hall–Kier alpha value is -1.25. The molecule has 0 atom stereocenters. The minimum Gasteiger partial charge on any atom is -0.290 e. The van der Waals surface area contributed by atoms with Crippen LogP contribution in [0.3, 0.4) is 0 Å². The van der Waals surface area contributed by atoms with Gasteiger partial charge in [0.1, 0.15) is 0 Å². The molecule has 0 amide bonds. The molecule has 0 aromatic rings. The van der Waals surface area contributed by atoms with Crippen LogP contribution in [-0.2, 0) is 4.79 Å². The Morgan fingerprint density at radius 1 is 1.38 bits per heavy atom. The average molecular weight is 180 g/mol. The van der Waals surface area contributed by atoms with Gasteiger partial charge in [0, 0.05) is 11.6 Å². The monoisotopic (exact) mass is 180 g/mol. The van der Waals surface area contributed by atoms with E-state index in [0.717, 1.165) is 0 Å². The standard InChI is InChI=1S/C10H16N2O/c1-6-7-12-9(11-5)8(13)10(2,3)4/h6-7H,5H2,1-4H3/b7-6-,12-9?. The Labute approximate surface area is 79.3 Å². The Balaban J connectivity index is 4.81. The smallest absolute Gasteiger partial charge is 0.205 e. The molecule has 0 aliphatic heterocycles. The lowest BCUT2D eigenvalue weighted by molar-refractivity contribution is -0.119. The first kappa shape index (κ1) is 11.8. The maximum Gasteiger partial charge on any atom is 0.205 e. The van der Waals surface area contributed by atoms with E-state index in [1.165, 1.54) is 6.20 Å². The second-order valence-electron chi connectivity index (χ2n) is 3.67. The third-order valence-electron chi connectivity index (χ3n) is 1.38. The van der Waals surface area contributed by atoms with Gasteiger partial charge in [-0.2, -0.15) is 0 Å². The van der Waals surface area contributed by atoms with Crippen LogP contribution in [0.15, 0.2) is 22.3 Å². The molecule has 13 heavy (non-hydrogen) atoms. The lowest BCUT2D eigenvalue weighted by Crippen LogP contribution is -2.27. The van der Waals surface area contributed by atoms with Crippen LogP contribution < -0.4 is 0 Å². The van der Waals surface area contributed by atoms with Crippen LogP contribution in [0, 0.1) is 5.41 Å². The summed E-state index contributed by atoms with van der Waals surface area (Å²) in [5.74, 6) is 0.0752. The number of carbonyl (C=O) groups excluding carboxylic acids is 1. The van der Waals surface area contributed by atoms with Crippen molar-refractivity contribution in [3.8, 4) is 0 Å². The van der Waals surface area contributed by atoms with Gasteiger partial charge in [0.05, 0.1) is 0 Å². The van der Waals surface area contributed by atoms with Crippen molar-refractivity contribution in [2.45, 2.75) is 27.7 Å². The van der Waals surface area contributed by atoms with Crippen LogP contribution in [0.4, 0.5) is 0 Å². The first-order valence-corrected chi connectivity index (χ1v) is 4.14. The summed E-state index contributed by atoms with van der Waals surface area (Å²) in [6.07, 6.45) is 3.27. The molecular formula is C10H16N2O. The summed E-state index contributed by atoms with van der Waals surface area (Å²) >= 11 is 0. The molecule has 0 unspecified atom stereocenters. The highest BCUT2D eigenvalue weighted by Gasteiger charge is 2.25. The van der Waals surface area contributed by atoms with Crippen molar-refractivity contribution in [3.63, 3.8) is 0 Å². The second kappa shape index (κ2) is 4.70. The normalized spacial score (nSPS) is 13.4. The lowest BCUT2D eigenvalue weighted by atomic mass is 9.90. The number of ketones is 1. The Morgan fingerprint density at radius 2 is 1.92 bits per heavy atom. The van der Waals surface area contributed by atoms with Gasteiger partial charge in [0.2, 0.25) is 5.78 Å². The van der Waals surface area contributed by atoms with Gasteiger partial charge in [-0.05, 0) is 13.6 Å². The molecule has 0 radical (unpaired) electrons. The molecule has 0 saturated heterocycles. The van der Waals surface area contributed by atoms with Gasteiger partial charge in [-0.1, -0.05) is 26.8 Å². The highest BCUT2D eigenvalue weighted by molar-refractivity contribution is 6.41. The predicted octanol–water partition coefficient (Wildman–Crippen LogP) is 2.23. The van der Waals surface area contributed by atoms with Gasteiger partial charge >= 0.3 is 0 Å². The van der Waals surface area contributed by atoms with Crippen LogP contribution in [0.5, 0.6) is 0 Å². The van der Waals surface area contributed by atoms with Crippen molar-refractivity contribution in [1.82, 2.24) is 0 Å². The van der Waals surface area contributed by atoms with E-state index in [-0.39, 0.29) is 11.6 Å². The number of allylic oxidation sites excluding steroid dienone is 1. The minimum atomic E-state index is -0.457. The molecule has 72 valence electrons. The van der Waals surface area contributed by atoms with E-state index in [0.29, 0.717) is 0 Å². The summed E-state index contributed by atoms with van der Waals surface area (Å²) < 4.78 is 0. The van der Waals surface area contributed by atoms with E-state index in [1.807, 2.05) is 27.7 Å². The van der Waals surface area contributed by atoms with Crippen molar-refractivity contribution in [1.29, 1.82) is 0 Å². The Kier molecular flexibility index (Phi) is 4.25. The molecule has 0 saturated carbocycles. The van der Waals surface area contributed by atoms with Crippen molar-refractivity contribution >= 4 is 18.3 Å². The fourth-order valence-electron chi connectivity index (χ4n) is 0.652. The molecule has 0 aromatic carbocycles. The molecule has 0 bridgehead atoms. The topological polar surface area (TPSA) is 41.8 Å². The average Bonchev–Trinajstić information content (AvgIpc) is 2.04. The van der Waals surface area contributed by atoms with Gasteiger partial charge in [0.25, 0.3) is 0 Å². The van der Waals surface area contributed by atoms with Crippen molar-refractivity contribution in [2.75, 3.05) is 0 Å². The maximum absolute atomic E-state index is 11.6. The highest BCUT2D eigenvalue weighted by Crippen LogP contribution is 2.15. The molecule has 0 aliphatic rings. The van der Waals surface area contributed by atoms with E-state index in [9.17, 15) is 4.79 Å². The molecule has 0 aromatic heterocycles. The van der Waals surface area contributed by atoms with Crippen LogP contribution >= 0.6 is 0 Å². The van der Waals surface area contributed by atoms with E-state index in [1.54, 1.807) is 6.08 Å². The van der Waals surface area contributed by atoms with E-state index < -0.39 is 5.41 Å². The molecule has 3 heteroatoms. The highest BCUT2D eigenvalue weighted by atomic mass is 16.1. The first-order chi connectivity index (χ1) is 5.93. The summed E-state index contributed by atoms with van der Waals surface area (Å²) in [5, 5.41) is 0. The molecule has 3 nitrogen and oxygen atoms in total. The molecule has 0 aliphatic carbocycles. The largest absolute Gasteiger partial charge is 0.290 e. The van der Waals surface area contributed by atoms with Crippen molar-refractivity contribution in [3.05, 3.63) is 12.3 Å². The SMILES string of the molecule is C=NC(=N/C=C\C)C(=O)C(C)(C)C. The summed E-state index contributed by atoms with van der Waals surface area (Å²) in [4.78, 5) is 19.1. The van der Waals surface area contributed by atoms with E-state index in [4.69, 9.17) is 0 Å². The number of hydrogen-bond donors (Lipinski definition) is 0. The fourth-order valence-corrected chi connectivity index (χ4v) is 0.652. The summed E-state index contributed by atoms with van der Waals surface area (Å²) in [6.45, 7) is 10.6. The number of nitrogens with zero attached hydrogens (tertiary/aromatic N) is 2. The van der Waals surface area contributed by atoms with Crippen LogP contribution in [0.2, 0.25) is 0 Å². The number of rotatable bonds is 2. The van der Waals surface area contributed by atoms with Crippen molar-refractivity contribution in [2.24, 2.45) is 15.4 Å². The van der Waals surface area contributed by atoms with Gasteiger partial charge in [-0.25, -0.2) is 9.98 Å². The number of amidine groups is 1. The summed E-state index contributed by atoms with van der Waals surface area (Å²) in [5.41, 5.74) is -0.457. The zero-order chi connectivity index (χ0) is 10.5. The Morgan fingerprint density at radius 3 is 2.23 bits per heavy atom. The third-order valence-corrected chi connectivity index (χ3v) is 1.38. The lowest BCUT2D eigenvalue weighted by Gasteiger charge is -2.14. The fraction of sp³-hybridized carbons (Fsp3) is 0.500. The predicted molar refractivity (Wildman–Crippen MR) is 56.3 cm³/mol. The van der Waals surface area contributed by atoms with Gasteiger partial charge in [0.15, 0.2) is 5.84 Å². The molecular weight excluding hydrogens is 164 g/mol. The third kappa shape index (κ3) is 3.78. The van der Waals surface area contributed by atoms with Gasteiger partial charge in [-0.15, -0.1) is 0 Å². The second-order valence-corrected chi connectivity index (χ2v) is 3.67. The van der Waals surface area contributed by atoms with Crippen LogP contribution in [0.25, 0.3) is 0 Å². The summed E-state index contributed by atoms with van der Waals surface area (Å²) in [7, 11) is 0. The number of aliphatic imine (C=N–C) groups is 2. The zero-order valence-corrected chi connectivity index (χ0v) is 8.66. The van der Waals surface area contributed by atoms with E-state index in [2.05, 4.69) is 16.7 Å². The quantitative estimate of drug-likeness (QED) is 0.474. The van der Waals surface area contributed by atoms with Crippen LogP contribution in [-0.4, -0.2) is 18.3 Å². The number of Topliss-reactive ketones (excluding diaryl/α,β-unsaturated/α-hetero) is 1. The zero-order valence-electron chi connectivity index (χ0n) is 8.66. The van der Waals surface area contributed by atoms with Crippen LogP contribution in [0.1, 0.15) is 27.7 Å². The molecule has 0 fully saturated rings. The molecule has 0 spiro atoms. The Bertz CT molecular complexity index is 257. The van der Waals surface area contributed by atoms with Crippen molar-refractivity contribution < 1.29 is 4.79 Å². The summed E-state index contributed by atoms with van der Waals surface area (Å²) in [6, 6.07) is 0. The first-order valence-electron chi connectivity index (χ1n) is 4.14. The number of carbonyl (C=O) groups is 1. The molecule has 0 N–H and O–H groups in total.